The molecule has 0 bridgehead atoms. The van der Waals surface area contributed by atoms with Gasteiger partial charge in [-0.05, 0) is 40.2 Å². The topological polar surface area (TPSA) is 62.5 Å². The zero-order valence-corrected chi connectivity index (χ0v) is 10.7. The Morgan fingerprint density at radius 2 is 2.22 bits per heavy atom. The van der Waals surface area contributed by atoms with Gasteiger partial charge in [0.05, 0.1) is 28.5 Å². The van der Waals surface area contributed by atoms with Gasteiger partial charge in [0.15, 0.2) is 0 Å². The summed E-state index contributed by atoms with van der Waals surface area (Å²) in [4.78, 5) is 10.8. The first kappa shape index (κ1) is 12.6. The minimum Gasteiger partial charge on any atom is -0.478 e. The molecule has 0 atom stereocenters. The Balaban J connectivity index is 2.16. The van der Waals surface area contributed by atoms with Gasteiger partial charge < -0.3 is 14.8 Å². The van der Waals surface area contributed by atoms with Gasteiger partial charge in [0, 0.05) is 0 Å². The second-order valence-electron chi connectivity index (χ2n) is 3.55. The fraction of sp³-hybridized carbons (Fsp3) is 0.0833. The number of carbonyl (C=O) groups is 1. The molecule has 0 aliphatic carbocycles. The molecule has 94 valence electrons. The van der Waals surface area contributed by atoms with Crippen LogP contribution < -0.4 is 5.32 Å². The summed E-state index contributed by atoms with van der Waals surface area (Å²) in [5, 5.41) is 11.6. The quantitative estimate of drug-likeness (QED) is 0.907. The van der Waals surface area contributed by atoms with Crippen molar-refractivity contribution in [2.45, 2.75) is 6.54 Å². The largest absolute Gasteiger partial charge is 0.478 e. The third-order valence-corrected chi connectivity index (χ3v) is 3.05. The van der Waals surface area contributed by atoms with Crippen LogP contribution in [0.2, 0.25) is 0 Å². The molecule has 1 aromatic heterocycles. The van der Waals surface area contributed by atoms with Gasteiger partial charge in [0.2, 0.25) is 0 Å². The average molecular weight is 314 g/mol. The second-order valence-corrected chi connectivity index (χ2v) is 4.40. The van der Waals surface area contributed by atoms with Crippen LogP contribution in [-0.4, -0.2) is 11.1 Å². The number of hydrogen-bond donors (Lipinski definition) is 2. The zero-order valence-electron chi connectivity index (χ0n) is 9.11. The van der Waals surface area contributed by atoms with Crippen LogP contribution >= 0.6 is 15.9 Å². The molecule has 0 saturated carbocycles. The van der Waals surface area contributed by atoms with E-state index in [9.17, 15) is 9.18 Å². The first-order chi connectivity index (χ1) is 8.58. The first-order valence-corrected chi connectivity index (χ1v) is 5.86. The second kappa shape index (κ2) is 5.22. The van der Waals surface area contributed by atoms with E-state index in [-0.39, 0.29) is 17.8 Å². The molecular weight excluding hydrogens is 305 g/mol. The lowest BCUT2D eigenvalue weighted by atomic mass is 10.2. The van der Waals surface area contributed by atoms with E-state index in [1.807, 2.05) is 0 Å². The summed E-state index contributed by atoms with van der Waals surface area (Å²) >= 11 is 3.27. The predicted octanol–water partition coefficient (Wildman–Crippen LogP) is 3.49. The van der Waals surface area contributed by atoms with E-state index in [1.54, 1.807) is 6.07 Å². The Labute approximate surface area is 111 Å². The summed E-state index contributed by atoms with van der Waals surface area (Å²) in [6.07, 6.45) is 1.51. The van der Waals surface area contributed by atoms with E-state index in [0.29, 0.717) is 5.76 Å². The molecule has 2 rings (SSSR count). The number of halogens is 2. The van der Waals surface area contributed by atoms with E-state index >= 15 is 0 Å². The highest BCUT2D eigenvalue weighted by Crippen LogP contribution is 2.21. The Morgan fingerprint density at radius 1 is 1.44 bits per heavy atom. The zero-order chi connectivity index (χ0) is 13.1. The van der Waals surface area contributed by atoms with Gasteiger partial charge in [-0.25, -0.2) is 9.18 Å². The molecule has 2 aromatic rings. The maximum atomic E-state index is 13.5. The van der Waals surface area contributed by atoms with E-state index in [4.69, 9.17) is 9.52 Å². The number of carboxylic acid groups (broad SMARTS) is 1. The normalized spacial score (nSPS) is 10.3. The highest BCUT2D eigenvalue weighted by molar-refractivity contribution is 9.10. The molecule has 0 fully saturated rings. The highest BCUT2D eigenvalue weighted by atomic mass is 79.9. The van der Waals surface area contributed by atoms with Crippen molar-refractivity contribution in [1.82, 2.24) is 0 Å². The molecule has 1 aromatic carbocycles. The number of hydrogen-bond acceptors (Lipinski definition) is 3. The minimum atomic E-state index is -1.10. The fourth-order valence-corrected chi connectivity index (χ4v) is 1.76. The Hall–Kier alpha value is -1.82. The monoisotopic (exact) mass is 313 g/mol. The Morgan fingerprint density at radius 3 is 2.83 bits per heavy atom. The lowest BCUT2D eigenvalue weighted by Gasteiger charge is -2.07. The Kier molecular flexibility index (Phi) is 3.66. The van der Waals surface area contributed by atoms with Gasteiger partial charge in [-0.3, -0.25) is 0 Å². The number of furan rings is 1. The van der Waals surface area contributed by atoms with Crippen molar-refractivity contribution in [3.8, 4) is 0 Å². The van der Waals surface area contributed by atoms with Gasteiger partial charge >= 0.3 is 5.97 Å². The third kappa shape index (κ3) is 2.70. The molecular formula is C12H9BrFNO3. The van der Waals surface area contributed by atoms with Crippen LogP contribution in [0.5, 0.6) is 0 Å². The van der Waals surface area contributed by atoms with Crippen LogP contribution in [0.15, 0.2) is 39.4 Å². The van der Waals surface area contributed by atoms with E-state index < -0.39 is 11.8 Å². The highest BCUT2D eigenvalue weighted by Gasteiger charge is 2.09. The number of benzene rings is 1. The molecule has 0 aliphatic rings. The SMILES string of the molecule is O=C(O)c1ccc(F)c(NCc2occc2Br)c1. The van der Waals surface area contributed by atoms with Crippen LogP contribution in [0.25, 0.3) is 0 Å². The van der Waals surface area contributed by atoms with Gasteiger partial charge in [-0.2, -0.15) is 0 Å². The van der Waals surface area contributed by atoms with Crippen LogP contribution in [0.4, 0.5) is 10.1 Å². The van der Waals surface area contributed by atoms with Crippen molar-refractivity contribution in [1.29, 1.82) is 0 Å². The Bertz CT molecular complexity index is 582. The van der Waals surface area contributed by atoms with Crippen LogP contribution in [0.1, 0.15) is 16.1 Å². The van der Waals surface area contributed by atoms with Gasteiger partial charge in [-0.15, -0.1) is 0 Å². The van der Waals surface area contributed by atoms with Crippen molar-refractivity contribution in [3.05, 3.63) is 52.1 Å². The minimum absolute atomic E-state index is 0.0254. The summed E-state index contributed by atoms with van der Waals surface area (Å²) in [5.74, 6) is -1.00. The molecule has 6 heteroatoms. The first-order valence-electron chi connectivity index (χ1n) is 5.06. The number of nitrogens with one attached hydrogen (secondary N) is 1. The number of anilines is 1. The molecule has 2 N–H and O–H groups in total. The van der Waals surface area contributed by atoms with Crippen LogP contribution in [0, 0.1) is 5.82 Å². The standard InChI is InChI=1S/C12H9BrFNO3/c13-8-3-4-18-11(8)6-15-10-5-7(12(16)17)1-2-9(10)14/h1-5,15H,6H2,(H,16,17). The van der Waals surface area contributed by atoms with Crippen molar-refractivity contribution < 1.29 is 18.7 Å². The van der Waals surface area contributed by atoms with E-state index in [0.717, 1.165) is 10.5 Å². The van der Waals surface area contributed by atoms with Gasteiger partial charge in [0.25, 0.3) is 0 Å². The third-order valence-electron chi connectivity index (χ3n) is 2.34. The fourth-order valence-electron chi connectivity index (χ4n) is 1.42. The summed E-state index contributed by atoms with van der Waals surface area (Å²) in [6, 6.07) is 5.30. The van der Waals surface area contributed by atoms with Crippen molar-refractivity contribution in [3.63, 3.8) is 0 Å². The smallest absolute Gasteiger partial charge is 0.335 e. The maximum absolute atomic E-state index is 13.5. The molecule has 0 aliphatic heterocycles. The summed E-state index contributed by atoms with van der Waals surface area (Å²) in [6.45, 7) is 0.258. The number of aromatic carboxylic acids is 1. The average Bonchev–Trinajstić information content (AvgIpc) is 2.73. The molecule has 1 heterocycles. The molecule has 0 unspecified atom stereocenters. The van der Waals surface area contributed by atoms with Crippen molar-refractivity contribution in [2.24, 2.45) is 0 Å². The number of carboxylic acids is 1. The van der Waals surface area contributed by atoms with Gasteiger partial charge in [0.1, 0.15) is 11.6 Å². The molecule has 0 spiro atoms. The lowest BCUT2D eigenvalue weighted by molar-refractivity contribution is 0.0697. The molecule has 0 radical (unpaired) electrons. The van der Waals surface area contributed by atoms with Crippen molar-refractivity contribution >= 4 is 27.6 Å². The van der Waals surface area contributed by atoms with E-state index in [1.165, 1.54) is 18.4 Å². The molecule has 0 saturated heterocycles. The van der Waals surface area contributed by atoms with Gasteiger partial charge in [-0.1, -0.05) is 0 Å². The molecule has 0 amide bonds. The summed E-state index contributed by atoms with van der Waals surface area (Å²) in [7, 11) is 0. The number of rotatable bonds is 4. The van der Waals surface area contributed by atoms with Crippen LogP contribution in [-0.2, 0) is 6.54 Å². The van der Waals surface area contributed by atoms with Crippen LogP contribution in [0.3, 0.4) is 0 Å². The summed E-state index contributed by atoms with van der Waals surface area (Å²) < 4.78 is 19.4. The predicted molar refractivity (Wildman–Crippen MR) is 67.1 cm³/mol. The molecule has 18 heavy (non-hydrogen) atoms. The maximum Gasteiger partial charge on any atom is 0.335 e. The molecule has 4 nitrogen and oxygen atoms in total. The summed E-state index contributed by atoms with van der Waals surface area (Å²) in [5.41, 5.74) is 0.149. The lowest BCUT2D eigenvalue weighted by Crippen LogP contribution is -2.04. The van der Waals surface area contributed by atoms with E-state index in [2.05, 4.69) is 21.2 Å². The van der Waals surface area contributed by atoms with Crippen molar-refractivity contribution in [2.75, 3.05) is 5.32 Å².